The van der Waals surface area contributed by atoms with Gasteiger partial charge >= 0.3 is 0 Å². The molecule has 3 nitrogen and oxygen atoms in total. The molecule has 0 radical (unpaired) electrons. The Morgan fingerprint density at radius 3 is 2.35 bits per heavy atom. The van der Waals surface area contributed by atoms with Gasteiger partial charge in [-0.3, -0.25) is 0 Å². The Balaban J connectivity index is 2.09. The molecule has 1 aromatic carbocycles. The summed E-state index contributed by atoms with van der Waals surface area (Å²) in [6.07, 6.45) is 6.24. The van der Waals surface area contributed by atoms with Crippen molar-refractivity contribution in [3.05, 3.63) is 29.8 Å². The van der Waals surface area contributed by atoms with Crippen LogP contribution in [0.3, 0.4) is 0 Å². The lowest BCUT2D eigenvalue weighted by Crippen LogP contribution is -2.17. The van der Waals surface area contributed by atoms with Gasteiger partial charge in [-0.15, -0.1) is 0 Å². The summed E-state index contributed by atoms with van der Waals surface area (Å²) >= 11 is 0. The van der Waals surface area contributed by atoms with Gasteiger partial charge in [-0.05, 0) is 50.8 Å². The summed E-state index contributed by atoms with van der Waals surface area (Å²) in [6, 6.07) is 8.01. The number of nitrogens with two attached hydrogens (primary N) is 1. The maximum atomic E-state index is 11.6. The molecule has 0 amide bonds. The van der Waals surface area contributed by atoms with E-state index in [-0.39, 0.29) is 5.25 Å². The number of sulfone groups is 1. The predicted molar refractivity (Wildman–Crippen MR) is 86.6 cm³/mol. The van der Waals surface area contributed by atoms with Crippen LogP contribution in [0.1, 0.15) is 51.5 Å². The summed E-state index contributed by atoms with van der Waals surface area (Å²) in [6.45, 7) is 3.50. The zero-order valence-corrected chi connectivity index (χ0v) is 13.5. The van der Waals surface area contributed by atoms with Crippen molar-refractivity contribution < 1.29 is 8.42 Å². The second-order valence-corrected chi connectivity index (χ2v) is 8.36. The van der Waals surface area contributed by atoms with Crippen LogP contribution in [-0.4, -0.2) is 19.4 Å². The Hall–Kier alpha value is -1.03. The summed E-state index contributed by atoms with van der Waals surface area (Å²) < 4.78 is 23.2. The highest BCUT2D eigenvalue weighted by Crippen LogP contribution is 2.12. The molecular weight excluding hydrogens is 270 g/mol. The van der Waals surface area contributed by atoms with Gasteiger partial charge in [-0.2, -0.15) is 0 Å². The monoisotopic (exact) mass is 297 g/mol. The summed E-state index contributed by atoms with van der Waals surface area (Å²) in [7, 11) is -2.85. The second kappa shape index (κ2) is 8.30. The molecule has 1 aromatic rings. The lowest BCUT2D eigenvalue weighted by Gasteiger charge is -2.07. The van der Waals surface area contributed by atoms with E-state index in [0.29, 0.717) is 5.75 Å². The molecule has 0 saturated heterocycles. The quantitative estimate of drug-likeness (QED) is 0.560. The molecule has 1 rings (SSSR count). The molecule has 0 spiro atoms. The van der Waals surface area contributed by atoms with Gasteiger partial charge in [0.05, 0.1) is 11.0 Å². The summed E-state index contributed by atoms with van der Waals surface area (Å²) in [4.78, 5) is 0. The van der Waals surface area contributed by atoms with Crippen molar-refractivity contribution in [1.29, 1.82) is 0 Å². The van der Waals surface area contributed by atoms with E-state index in [0.717, 1.165) is 44.2 Å². The fourth-order valence-corrected chi connectivity index (χ4v) is 3.22. The standard InChI is InChI=1S/C16H27NO2S/c1-14(2)20(18,19)12-7-5-3-4-6-9-15-10-8-11-16(17)13-15/h8,10-11,13-14H,3-7,9,12,17H2,1-2H3. The Bertz CT molecular complexity index is 495. The van der Waals surface area contributed by atoms with Crippen LogP contribution in [0.15, 0.2) is 24.3 Å². The van der Waals surface area contributed by atoms with E-state index in [1.165, 1.54) is 5.56 Å². The molecule has 0 saturated carbocycles. The van der Waals surface area contributed by atoms with Crippen molar-refractivity contribution in [1.82, 2.24) is 0 Å². The van der Waals surface area contributed by atoms with Gasteiger partial charge in [0.1, 0.15) is 0 Å². The third-order valence-electron chi connectivity index (χ3n) is 3.56. The number of hydrogen-bond donors (Lipinski definition) is 1. The first kappa shape index (κ1) is 17.0. The Morgan fingerprint density at radius 1 is 1.05 bits per heavy atom. The first-order valence-corrected chi connectivity index (χ1v) is 9.19. The topological polar surface area (TPSA) is 60.2 Å². The molecule has 20 heavy (non-hydrogen) atoms. The van der Waals surface area contributed by atoms with Crippen LogP contribution in [0.4, 0.5) is 5.69 Å². The van der Waals surface area contributed by atoms with Crippen LogP contribution in [0, 0.1) is 0 Å². The highest BCUT2D eigenvalue weighted by atomic mass is 32.2. The summed E-state index contributed by atoms with van der Waals surface area (Å²) in [5.41, 5.74) is 7.84. The highest BCUT2D eigenvalue weighted by Gasteiger charge is 2.14. The van der Waals surface area contributed by atoms with E-state index in [1.807, 2.05) is 18.2 Å². The maximum absolute atomic E-state index is 11.6. The van der Waals surface area contributed by atoms with E-state index < -0.39 is 9.84 Å². The molecule has 0 heterocycles. The van der Waals surface area contributed by atoms with Gasteiger partial charge in [0, 0.05) is 5.69 Å². The van der Waals surface area contributed by atoms with Crippen LogP contribution in [0.5, 0.6) is 0 Å². The molecule has 4 heteroatoms. The van der Waals surface area contributed by atoms with E-state index in [9.17, 15) is 8.42 Å². The van der Waals surface area contributed by atoms with Crippen LogP contribution < -0.4 is 5.73 Å². The predicted octanol–water partition coefficient (Wildman–Crippen LogP) is 3.59. The molecule has 2 N–H and O–H groups in total. The van der Waals surface area contributed by atoms with E-state index >= 15 is 0 Å². The molecule has 0 bridgehead atoms. The van der Waals surface area contributed by atoms with Gasteiger partial charge < -0.3 is 5.73 Å². The SMILES string of the molecule is CC(C)S(=O)(=O)CCCCCCCc1cccc(N)c1. The first-order valence-electron chi connectivity index (χ1n) is 7.48. The third-order valence-corrected chi connectivity index (χ3v) is 5.86. The van der Waals surface area contributed by atoms with Crippen LogP contribution in [0.25, 0.3) is 0 Å². The largest absolute Gasteiger partial charge is 0.399 e. The third kappa shape index (κ3) is 6.42. The zero-order chi connectivity index (χ0) is 15.0. The van der Waals surface area contributed by atoms with Gasteiger partial charge in [0.25, 0.3) is 0 Å². The average molecular weight is 297 g/mol. The van der Waals surface area contributed by atoms with E-state index in [4.69, 9.17) is 5.73 Å². The van der Waals surface area contributed by atoms with Crippen molar-refractivity contribution in [2.75, 3.05) is 11.5 Å². The van der Waals surface area contributed by atoms with E-state index in [1.54, 1.807) is 13.8 Å². The molecule has 114 valence electrons. The van der Waals surface area contributed by atoms with Gasteiger partial charge in [-0.25, -0.2) is 8.42 Å². The minimum absolute atomic E-state index is 0.244. The van der Waals surface area contributed by atoms with Crippen LogP contribution in [-0.2, 0) is 16.3 Å². The Morgan fingerprint density at radius 2 is 1.70 bits per heavy atom. The lowest BCUT2D eigenvalue weighted by atomic mass is 10.1. The van der Waals surface area contributed by atoms with Gasteiger partial charge in [0.2, 0.25) is 0 Å². The van der Waals surface area contributed by atoms with Gasteiger partial charge in [0.15, 0.2) is 9.84 Å². The molecule has 0 aliphatic heterocycles. The minimum atomic E-state index is -2.85. The molecular formula is C16H27NO2S. The fourth-order valence-electron chi connectivity index (χ4n) is 2.15. The Labute approximate surface area is 123 Å². The molecule has 0 unspecified atom stereocenters. The highest BCUT2D eigenvalue weighted by molar-refractivity contribution is 7.91. The number of anilines is 1. The van der Waals surface area contributed by atoms with Gasteiger partial charge in [-0.1, -0.05) is 31.4 Å². The molecule has 0 aliphatic rings. The number of rotatable bonds is 9. The van der Waals surface area contributed by atoms with Crippen LogP contribution >= 0.6 is 0 Å². The number of hydrogen-bond acceptors (Lipinski definition) is 3. The van der Waals surface area contributed by atoms with Crippen molar-refractivity contribution >= 4 is 15.5 Å². The zero-order valence-electron chi connectivity index (χ0n) is 12.6. The van der Waals surface area contributed by atoms with E-state index in [2.05, 4.69) is 6.07 Å². The van der Waals surface area contributed by atoms with Crippen molar-refractivity contribution in [2.24, 2.45) is 0 Å². The summed E-state index contributed by atoms with van der Waals surface area (Å²) in [5, 5.41) is -0.244. The molecule has 0 aromatic heterocycles. The second-order valence-electron chi connectivity index (χ2n) is 5.68. The normalized spacial score (nSPS) is 11.9. The number of aryl methyl sites for hydroxylation is 1. The van der Waals surface area contributed by atoms with Crippen molar-refractivity contribution in [2.45, 2.75) is 57.6 Å². The minimum Gasteiger partial charge on any atom is -0.399 e. The summed E-state index contributed by atoms with van der Waals surface area (Å²) in [5.74, 6) is 0.333. The molecule has 0 atom stereocenters. The number of unbranched alkanes of at least 4 members (excludes halogenated alkanes) is 4. The fraction of sp³-hybridized carbons (Fsp3) is 0.625. The molecule has 0 fully saturated rings. The molecule has 0 aliphatic carbocycles. The first-order chi connectivity index (χ1) is 9.42. The number of nitrogen functional groups attached to an aromatic ring is 1. The Kier molecular flexibility index (Phi) is 7.06. The smallest absolute Gasteiger partial charge is 0.152 e. The van der Waals surface area contributed by atoms with Crippen LogP contribution in [0.2, 0.25) is 0 Å². The van der Waals surface area contributed by atoms with Crippen molar-refractivity contribution in [3.8, 4) is 0 Å². The maximum Gasteiger partial charge on any atom is 0.152 e. The average Bonchev–Trinajstić information content (AvgIpc) is 2.37. The van der Waals surface area contributed by atoms with Crippen molar-refractivity contribution in [3.63, 3.8) is 0 Å². The number of benzene rings is 1. The lowest BCUT2D eigenvalue weighted by molar-refractivity contribution is 0.577.